The Morgan fingerprint density at radius 3 is 1.56 bits per heavy atom. The smallest absolute Gasteiger partial charge is 0.0163 e. The third-order valence-electron chi connectivity index (χ3n) is 1.10. The molecule has 0 aromatic rings. The van der Waals surface area contributed by atoms with Gasteiger partial charge in [-0.25, -0.2) is 0 Å². The molecular weight excluding hydrogens is 108 g/mol. The van der Waals surface area contributed by atoms with Crippen molar-refractivity contribution in [3.63, 3.8) is 0 Å². The van der Waals surface area contributed by atoms with Crippen molar-refractivity contribution in [2.75, 3.05) is 0 Å². The zero-order valence-electron chi connectivity index (χ0n) is 5.33. The van der Waals surface area contributed by atoms with E-state index in [-0.39, 0.29) is 0 Å². The summed E-state index contributed by atoms with van der Waals surface area (Å²) >= 11 is 0. The molecule has 1 aliphatic carbocycles. The summed E-state index contributed by atoms with van der Waals surface area (Å²) in [5, 5.41) is 0. The standard InChI is InChI=1S/C9H10/c1-2-4-6-8-9-7-5-3-1/h1-8H,9H2/b3-1-,4-2+,7-5+,8-6-. The van der Waals surface area contributed by atoms with Gasteiger partial charge in [-0.1, -0.05) is 48.6 Å². The maximum atomic E-state index is 2.12. The first-order valence-corrected chi connectivity index (χ1v) is 3.15. The Bertz CT molecular complexity index is 148. The van der Waals surface area contributed by atoms with E-state index in [1.807, 2.05) is 24.3 Å². The van der Waals surface area contributed by atoms with Gasteiger partial charge in [-0.05, 0) is 6.42 Å². The van der Waals surface area contributed by atoms with E-state index in [9.17, 15) is 0 Å². The summed E-state index contributed by atoms with van der Waals surface area (Å²) in [7, 11) is 0. The van der Waals surface area contributed by atoms with Crippen LogP contribution in [-0.2, 0) is 0 Å². The lowest BCUT2D eigenvalue weighted by Gasteiger charge is -1.74. The van der Waals surface area contributed by atoms with E-state index in [1.54, 1.807) is 0 Å². The second kappa shape index (κ2) is 3.90. The highest BCUT2D eigenvalue weighted by Gasteiger charge is 1.70. The van der Waals surface area contributed by atoms with Gasteiger partial charge in [0.1, 0.15) is 0 Å². The van der Waals surface area contributed by atoms with E-state index >= 15 is 0 Å². The van der Waals surface area contributed by atoms with E-state index in [0.717, 1.165) is 6.42 Å². The summed E-state index contributed by atoms with van der Waals surface area (Å²) in [6.45, 7) is 0. The van der Waals surface area contributed by atoms with Crippen LogP contribution in [0.2, 0.25) is 0 Å². The van der Waals surface area contributed by atoms with Gasteiger partial charge in [0.15, 0.2) is 0 Å². The Morgan fingerprint density at radius 2 is 1.00 bits per heavy atom. The first kappa shape index (κ1) is 6.09. The summed E-state index contributed by atoms with van der Waals surface area (Å²) in [6, 6.07) is 0. The molecule has 46 valence electrons. The molecule has 0 saturated heterocycles. The van der Waals surface area contributed by atoms with Crippen molar-refractivity contribution in [1.29, 1.82) is 0 Å². The van der Waals surface area contributed by atoms with Crippen LogP contribution in [0.4, 0.5) is 0 Å². The highest BCUT2D eigenvalue weighted by molar-refractivity contribution is 5.18. The predicted octanol–water partition coefficient (Wildman–Crippen LogP) is 2.61. The van der Waals surface area contributed by atoms with Gasteiger partial charge in [-0.3, -0.25) is 0 Å². The average molecular weight is 118 g/mol. The monoisotopic (exact) mass is 118 g/mol. The molecule has 0 nitrogen and oxygen atoms in total. The SMILES string of the molecule is C1=C\C=C\C\C=C/C=C/1. The number of hydrogen-bond donors (Lipinski definition) is 0. The minimum atomic E-state index is 1.04. The fraction of sp³-hybridized carbons (Fsp3) is 0.111. The summed E-state index contributed by atoms with van der Waals surface area (Å²) in [5.41, 5.74) is 0. The number of rotatable bonds is 0. The van der Waals surface area contributed by atoms with Gasteiger partial charge < -0.3 is 0 Å². The van der Waals surface area contributed by atoms with Crippen LogP contribution >= 0.6 is 0 Å². The van der Waals surface area contributed by atoms with Crippen molar-refractivity contribution >= 4 is 0 Å². The molecule has 9 heavy (non-hydrogen) atoms. The quantitative estimate of drug-likeness (QED) is 0.458. The van der Waals surface area contributed by atoms with E-state index in [2.05, 4.69) is 24.3 Å². The van der Waals surface area contributed by atoms with Crippen LogP contribution in [0, 0.1) is 0 Å². The van der Waals surface area contributed by atoms with E-state index in [4.69, 9.17) is 0 Å². The molecule has 0 aliphatic heterocycles. The molecular formula is C9H10. The van der Waals surface area contributed by atoms with Crippen LogP contribution in [0.3, 0.4) is 0 Å². The molecule has 0 heterocycles. The molecule has 0 unspecified atom stereocenters. The Kier molecular flexibility index (Phi) is 2.64. The summed E-state index contributed by atoms with van der Waals surface area (Å²) in [4.78, 5) is 0. The third kappa shape index (κ3) is 2.70. The van der Waals surface area contributed by atoms with Crippen molar-refractivity contribution in [3.8, 4) is 0 Å². The molecule has 0 atom stereocenters. The number of hydrogen-bond acceptors (Lipinski definition) is 0. The molecule has 0 fully saturated rings. The normalized spacial score (nSPS) is 31.1. The van der Waals surface area contributed by atoms with Crippen LogP contribution in [0.5, 0.6) is 0 Å². The lowest BCUT2D eigenvalue weighted by molar-refractivity contribution is 1.40. The fourth-order valence-corrected chi connectivity index (χ4v) is 0.649. The van der Waals surface area contributed by atoms with Gasteiger partial charge in [-0.15, -0.1) is 0 Å². The molecule has 0 heteroatoms. The molecule has 0 aromatic carbocycles. The van der Waals surface area contributed by atoms with E-state index in [1.165, 1.54) is 0 Å². The molecule has 0 N–H and O–H groups in total. The van der Waals surface area contributed by atoms with Gasteiger partial charge in [0.05, 0.1) is 0 Å². The van der Waals surface area contributed by atoms with Gasteiger partial charge in [-0.2, -0.15) is 0 Å². The van der Waals surface area contributed by atoms with Crippen LogP contribution in [0.25, 0.3) is 0 Å². The Hall–Kier alpha value is -1.04. The van der Waals surface area contributed by atoms with Crippen LogP contribution in [0.1, 0.15) is 6.42 Å². The van der Waals surface area contributed by atoms with Crippen LogP contribution in [-0.4, -0.2) is 0 Å². The second-order valence-corrected chi connectivity index (χ2v) is 1.86. The highest BCUT2D eigenvalue weighted by atomic mass is 13.8. The lowest BCUT2D eigenvalue weighted by atomic mass is 10.3. The van der Waals surface area contributed by atoms with Gasteiger partial charge in [0.2, 0.25) is 0 Å². The molecule has 0 amide bonds. The Labute approximate surface area is 55.9 Å². The summed E-state index contributed by atoms with van der Waals surface area (Å²) < 4.78 is 0. The van der Waals surface area contributed by atoms with Crippen LogP contribution in [0.15, 0.2) is 48.6 Å². The topological polar surface area (TPSA) is 0 Å². The zero-order chi connectivity index (χ0) is 6.36. The molecule has 0 bridgehead atoms. The van der Waals surface area contributed by atoms with Gasteiger partial charge in [0.25, 0.3) is 0 Å². The second-order valence-electron chi connectivity index (χ2n) is 1.86. The maximum absolute atomic E-state index is 2.12. The number of allylic oxidation sites excluding steroid dienone is 8. The highest BCUT2D eigenvalue weighted by Crippen LogP contribution is 1.91. The maximum Gasteiger partial charge on any atom is -0.0163 e. The predicted molar refractivity (Wildman–Crippen MR) is 41.2 cm³/mol. The van der Waals surface area contributed by atoms with Crippen molar-refractivity contribution < 1.29 is 0 Å². The molecule has 1 rings (SSSR count). The van der Waals surface area contributed by atoms with Crippen LogP contribution < -0.4 is 0 Å². The summed E-state index contributed by atoms with van der Waals surface area (Å²) in [5.74, 6) is 0. The zero-order valence-corrected chi connectivity index (χ0v) is 5.33. The third-order valence-corrected chi connectivity index (χ3v) is 1.10. The molecule has 0 spiro atoms. The largest absolute Gasteiger partial charge is 0.0807 e. The van der Waals surface area contributed by atoms with Crippen molar-refractivity contribution in [1.82, 2.24) is 0 Å². The first-order chi connectivity index (χ1) is 4.50. The Balaban J connectivity index is 2.60. The van der Waals surface area contributed by atoms with Gasteiger partial charge >= 0.3 is 0 Å². The molecule has 1 aliphatic rings. The first-order valence-electron chi connectivity index (χ1n) is 3.15. The van der Waals surface area contributed by atoms with Crippen molar-refractivity contribution in [2.24, 2.45) is 0 Å². The summed E-state index contributed by atoms with van der Waals surface area (Å²) in [6.07, 6.45) is 17.5. The van der Waals surface area contributed by atoms with Crippen molar-refractivity contribution in [3.05, 3.63) is 48.6 Å². The Morgan fingerprint density at radius 1 is 0.556 bits per heavy atom. The van der Waals surface area contributed by atoms with Gasteiger partial charge in [0, 0.05) is 0 Å². The van der Waals surface area contributed by atoms with E-state index in [0.29, 0.717) is 0 Å². The average Bonchev–Trinajstić information content (AvgIpc) is 2.00. The minimum Gasteiger partial charge on any atom is -0.0807 e. The van der Waals surface area contributed by atoms with Crippen molar-refractivity contribution in [2.45, 2.75) is 6.42 Å². The molecule has 0 aromatic heterocycles. The van der Waals surface area contributed by atoms with E-state index < -0.39 is 0 Å². The lowest BCUT2D eigenvalue weighted by Crippen LogP contribution is -1.53. The molecule has 0 saturated carbocycles. The fourth-order valence-electron chi connectivity index (χ4n) is 0.649. The molecule has 0 radical (unpaired) electrons. The minimum absolute atomic E-state index is 1.04.